The number of esters is 1. The maximum atomic E-state index is 12.0. The van der Waals surface area contributed by atoms with Crippen molar-refractivity contribution in [3.05, 3.63) is 11.5 Å². The van der Waals surface area contributed by atoms with Crippen LogP contribution >= 0.6 is 11.6 Å². The van der Waals surface area contributed by atoms with Crippen LogP contribution in [0.25, 0.3) is 11.2 Å². The predicted molar refractivity (Wildman–Crippen MR) is 76.8 cm³/mol. The Hall–Kier alpha value is -1.56. The molecule has 2 atom stereocenters. The maximum absolute atomic E-state index is 12.0. The summed E-state index contributed by atoms with van der Waals surface area (Å²) in [5, 5.41) is 4.03. The molecule has 7 heteroatoms. The maximum Gasteiger partial charge on any atom is 0.328 e. The van der Waals surface area contributed by atoms with Gasteiger partial charge >= 0.3 is 5.97 Å². The first-order chi connectivity index (χ1) is 9.38. The predicted octanol–water partition coefficient (Wildman–Crippen LogP) is 2.50. The van der Waals surface area contributed by atoms with Crippen molar-refractivity contribution < 1.29 is 9.53 Å². The Kier molecular flexibility index (Phi) is 4.04. The number of aromatic nitrogens is 4. The molecule has 0 N–H and O–H groups in total. The van der Waals surface area contributed by atoms with E-state index in [9.17, 15) is 4.79 Å². The minimum atomic E-state index is -0.494. The van der Waals surface area contributed by atoms with Crippen molar-refractivity contribution in [2.75, 3.05) is 6.61 Å². The highest BCUT2D eigenvalue weighted by Crippen LogP contribution is 2.29. The molecule has 0 bridgehead atoms. The molecule has 110 valence electrons. The van der Waals surface area contributed by atoms with Gasteiger partial charge in [0.1, 0.15) is 17.4 Å². The molecule has 2 rings (SSSR count). The van der Waals surface area contributed by atoms with E-state index in [4.69, 9.17) is 16.3 Å². The van der Waals surface area contributed by atoms with Gasteiger partial charge in [0.15, 0.2) is 5.65 Å². The number of fused-ring (bicyclic) bond motifs is 1. The van der Waals surface area contributed by atoms with Gasteiger partial charge in [0.25, 0.3) is 0 Å². The van der Waals surface area contributed by atoms with E-state index >= 15 is 0 Å². The van der Waals surface area contributed by atoms with Crippen LogP contribution in [0.5, 0.6) is 0 Å². The minimum Gasteiger partial charge on any atom is -0.464 e. The van der Waals surface area contributed by atoms with Crippen LogP contribution in [0.2, 0.25) is 0 Å². The van der Waals surface area contributed by atoms with E-state index in [1.807, 2.05) is 25.5 Å². The van der Waals surface area contributed by atoms with Crippen LogP contribution in [0.1, 0.15) is 43.7 Å². The lowest BCUT2D eigenvalue weighted by Crippen LogP contribution is -2.22. The van der Waals surface area contributed by atoms with Crippen molar-refractivity contribution in [3.8, 4) is 0 Å². The van der Waals surface area contributed by atoms with Crippen LogP contribution in [0.4, 0.5) is 0 Å². The van der Waals surface area contributed by atoms with Crippen LogP contribution in [0, 0.1) is 6.92 Å². The van der Waals surface area contributed by atoms with Crippen LogP contribution in [-0.2, 0) is 16.6 Å². The number of hydrogen-bond acceptors (Lipinski definition) is 4. The van der Waals surface area contributed by atoms with E-state index in [-0.39, 0.29) is 11.3 Å². The quantitative estimate of drug-likeness (QED) is 0.643. The number of hydrogen-bond donors (Lipinski definition) is 0. The van der Waals surface area contributed by atoms with Crippen molar-refractivity contribution in [3.63, 3.8) is 0 Å². The van der Waals surface area contributed by atoms with E-state index in [1.54, 1.807) is 18.5 Å². The standard InChI is InChI=1S/C13H19ClN4O2/c1-6-20-13(19)9(4)18-11(7(2)14)15-10-8(3)16-17(5)12(10)18/h7,9H,6H2,1-5H3. The van der Waals surface area contributed by atoms with E-state index < -0.39 is 6.04 Å². The normalized spacial score (nSPS) is 14.5. The molecule has 2 aromatic rings. The van der Waals surface area contributed by atoms with Gasteiger partial charge in [0.2, 0.25) is 0 Å². The molecule has 0 aliphatic rings. The largest absolute Gasteiger partial charge is 0.464 e. The molecule has 0 aromatic carbocycles. The molecule has 2 heterocycles. The summed E-state index contributed by atoms with van der Waals surface area (Å²) in [7, 11) is 1.83. The summed E-state index contributed by atoms with van der Waals surface area (Å²) in [4.78, 5) is 16.6. The van der Waals surface area contributed by atoms with Gasteiger partial charge in [-0.15, -0.1) is 11.6 Å². The zero-order chi connectivity index (χ0) is 15.0. The fourth-order valence-corrected chi connectivity index (χ4v) is 2.50. The van der Waals surface area contributed by atoms with Gasteiger partial charge in [-0.1, -0.05) is 0 Å². The fraction of sp³-hybridized carbons (Fsp3) is 0.615. The average Bonchev–Trinajstić information content (AvgIpc) is 2.88. The van der Waals surface area contributed by atoms with E-state index in [0.29, 0.717) is 12.4 Å². The van der Waals surface area contributed by atoms with Crippen molar-refractivity contribution in [1.29, 1.82) is 0 Å². The third-order valence-electron chi connectivity index (χ3n) is 3.23. The topological polar surface area (TPSA) is 61.9 Å². The Balaban J connectivity index is 2.65. The molecular weight excluding hydrogens is 280 g/mol. The lowest BCUT2D eigenvalue weighted by Gasteiger charge is -2.17. The number of carbonyl (C=O) groups is 1. The smallest absolute Gasteiger partial charge is 0.328 e. The summed E-state index contributed by atoms with van der Waals surface area (Å²) in [6, 6.07) is -0.494. The van der Waals surface area contributed by atoms with Gasteiger partial charge in [-0.05, 0) is 27.7 Å². The zero-order valence-corrected chi connectivity index (χ0v) is 13.1. The molecular formula is C13H19ClN4O2. The molecule has 0 aliphatic carbocycles. The van der Waals surface area contributed by atoms with Gasteiger partial charge < -0.3 is 4.74 Å². The second-order valence-electron chi connectivity index (χ2n) is 4.77. The highest BCUT2D eigenvalue weighted by molar-refractivity contribution is 6.20. The van der Waals surface area contributed by atoms with E-state index in [1.165, 1.54) is 0 Å². The number of ether oxygens (including phenoxy) is 1. The summed E-state index contributed by atoms with van der Waals surface area (Å²) in [6.45, 7) is 7.63. The summed E-state index contributed by atoms with van der Waals surface area (Å²) >= 11 is 6.20. The van der Waals surface area contributed by atoms with Gasteiger partial charge in [-0.25, -0.2) is 9.78 Å². The monoisotopic (exact) mass is 298 g/mol. The van der Waals surface area contributed by atoms with Gasteiger partial charge in [0, 0.05) is 7.05 Å². The van der Waals surface area contributed by atoms with Crippen LogP contribution < -0.4 is 0 Å². The number of halogens is 1. The second kappa shape index (κ2) is 5.44. The number of imidazole rings is 1. The molecule has 0 fully saturated rings. The number of alkyl halides is 1. The lowest BCUT2D eigenvalue weighted by molar-refractivity contribution is -0.146. The van der Waals surface area contributed by atoms with Crippen LogP contribution in [-0.4, -0.2) is 31.9 Å². The molecule has 0 aliphatic heterocycles. The molecule has 0 saturated carbocycles. The first-order valence-electron chi connectivity index (χ1n) is 6.60. The molecule has 2 unspecified atom stereocenters. The number of rotatable bonds is 4. The van der Waals surface area contributed by atoms with Crippen molar-refractivity contribution in [2.45, 2.75) is 39.1 Å². The fourth-order valence-electron chi connectivity index (χ4n) is 2.34. The SMILES string of the molecule is CCOC(=O)C(C)n1c(C(C)Cl)nc2c(C)nn(C)c21. The zero-order valence-electron chi connectivity index (χ0n) is 12.3. The number of nitrogens with zero attached hydrogens (tertiary/aromatic N) is 4. The van der Waals surface area contributed by atoms with Crippen LogP contribution in [0.15, 0.2) is 0 Å². The summed E-state index contributed by atoms with van der Waals surface area (Å²) < 4.78 is 8.63. The molecule has 0 spiro atoms. The molecule has 20 heavy (non-hydrogen) atoms. The third kappa shape index (κ3) is 2.28. The Morgan fingerprint density at radius 3 is 2.65 bits per heavy atom. The first kappa shape index (κ1) is 14.8. The Morgan fingerprint density at radius 1 is 1.45 bits per heavy atom. The van der Waals surface area contributed by atoms with Gasteiger partial charge in [-0.3, -0.25) is 9.25 Å². The highest BCUT2D eigenvalue weighted by atomic mass is 35.5. The lowest BCUT2D eigenvalue weighted by atomic mass is 10.3. The number of carbonyl (C=O) groups excluding carboxylic acids is 1. The third-order valence-corrected chi connectivity index (χ3v) is 3.43. The molecule has 0 radical (unpaired) electrons. The molecule has 6 nitrogen and oxygen atoms in total. The summed E-state index contributed by atoms with van der Waals surface area (Å²) in [6.07, 6.45) is 0. The van der Waals surface area contributed by atoms with Crippen molar-refractivity contribution in [2.24, 2.45) is 7.05 Å². The molecule has 2 aromatic heterocycles. The van der Waals surface area contributed by atoms with Crippen molar-refractivity contribution in [1.82, 2.24) is 19.3 Å². The van der Waals surface area contributed by atoms with Gasteiger partial charge in [-0.2, -0.15) is 5.10 Å². The first-order valence-corrected chi connectivity index (χ1v) is 7.04. The summed E-state index contributed by atoms with van der Waals surface area (Å²) in [5.74, 6) is 0.350. The second-order valence-corrected chi connectivity index (χ2v) is 5.42. The van der Waals surface area contributed by atoms with Gasteiger partial charge in [0.05, 0.1) is 17.7 Å². The number of aryl methyl sites for hydroxylation is 2. The van der Waals surface area contributed by atoms with Crippen molar-refractivity contribution >= 4 is 28.7 Å². The Morgan fingerprint density at radius 2 is 2.10 bits per heavy atom. The average molecular weight is 299 g/mol. The Bertz CT molecular complexity index is 644. The highest BCUT2D eigenvalue weighted by Gasteiger charge is 2.27. The Labute approximate surface area is 122 Å². The van der Waals surface area contributed by atoms with E-state index in [0.717, 1.165) is 16.9 Å². The van der Waals surface area contributed by atoms with E-state index in [2.05, 4.69) is 10.1 Å². The molecule has 0 saturated heterocycles. The van der Waals surface area contributed by atoms with Crippen LogP contribution in [0.3, 0.4) is 0 Å². The summed E-state index contributed by atoms with van der Waals surface area (Å²) in [5.41, 5.74) is 2.37. The molecule has 0 amide bonds. The minimum absolute atomic E-state index is 0.302.